The van der Waals surface area contributed by atoms with Crippen LogP contribution in [0.4, 0.5) is 0 Å². The SMILES string of the molecule is CCCCCC/C=C\CCCCCCCC(=O)[O-].CCCCCC/C=C\CCCCCCCC(=O)[O-].CCCCCC/C=C\CCCCCCCC(=O)[O-].[Pr+3]. The summed E-state index contributed by atoms with van der Waals surface area (Å²) in [6.45, 7) is 6.72. The zero-order valence-electron chi connectivity index (χ0n) is 36.4. The summed E-state index contributed by atoms with van der Waals surface area (Å²) < 4.78 is 0. The summed E-state index contributed by atoms with van der Waals surface area (Å²) in [5, 5.41) is 30.5. The molecule has 318 valence electrons. The van der Waals surface area contributed by atoms with Gasteiger partial charge in [0.2, 0.25) is 0 Å². The molecule has 0 unspecified atom stereocenters. The molecule has 0 saturated heterocycles. The van der Waals surface area contributed by atoms with Gasteiger partial charge in [0.15, 0.2) is 0 Å². The summed E-state index contributed by atoms with van der Waals surface area (Å²) in [7, 11) is 0. The van der Waals surface area contributed by atoms with Crippen molar-refractivity contribution in [3.8, 4) is 0 Å². The Balaban J connectivity index is -0.000000351. The maximum atomic E-state index is 10.2. The summed E-state index contributed by atoms with van der Waals surface area (Å²) in [6.07, 6.45) is 53.9. The van der Waals surface area contributed by atoms with Crippen LogP contribution in [0.25, 0.3) is 0 Å². The predicted molar refractivity (Wildman–Crippen MR) is 226 cm³/mol. The number of carboxylic acids is 3. The van der Waals surface area contributed by atoms with Crippen molar-refractivity contribution in [1.82, 2.24) is 0 Å². The van der Waals surface area contributed by atoms with Gasteiger partial charge in [-0.1, -0.05) is 173 Å². The first-order valence-corrected chi connectivity index (χ1v) is 22.9. The second-order valence-electron chi connectivity index (χ2n) is 15.0. The molecule has 0 aromatic carbocycles. The van der Waals surface area contributed by atoms with E-state index in [1.807, 2.05) is 0 Å². The normalized spacial score (nSPS) is 11.0. The number of carboxylic acid groups (broad SMARTS) is 3. The first kappa shape index (κ1) is 60.7. The summed E-state index contributed by atoms with van der Waals surface area (Å²) in [4.78, 5) is 30.5. The Labute approximate surface area is 374 Å². The summed E-state index contributed by atoms with van der Waals surface area (Å²) in [5.41, 5.74) is 0. The van der Waals surface area contributed by atoms with Gasteiger partial charge in [0.25, 0.3) is 0 Å². The van der Waals surface area contributed by atoms with Gasteiger partial charge >= 0.3 is 41.3 Å². The van der Waals surface area contributed by atoms with Gasteiger partial charge in [0, 0.05) is 17.9 Å². The van der Waals surface area contributed by atoms with E-state index >= 15 is 0 Å². The first-order valence-electron chi connectivity index (χ1n) is 22.9. The van der Waals surface area contributed by atoms with Crippen molar-refractivity contribution < 1.29 is 71.0 Å². The third-order valence-electron chi connectivity index (χ3n) is 9.43. The zero-order valence-corrected chi connectivity index (χ0v) is 40.2. The van der Waals surface area contributed by atoms with E-state index in [2.05, 4.69) is 57.2 Å². The molecule has 0 bridgehead atoms. The fourth-order valence-corrected chi connectivity index (χ4v) is 5.96. The number of rotatable bonds is 39. The Bertz CT molecular complexity index is 744. The quantitative estimate of drug-likeness (QED) is 0.0447. The van der Waals surface area contributed by atoms with Crippen LogP contribution < -0.4 is 15.3 Å². The van der Waals surface area contributed by atoms with Crippen molar-refractivity contribution in [3.63, 3.8) is 0 Å². The maximum absolute atomic E-state index is 10.2. The van der Waals surface area contributed by atoms with Crippen LogP contribution in [-0.2, 0) is 14.4 Å². The minimum atomic E-state index is -0.916. The third kappa shape index (κ3) is 71.2. The number of aliphatic carboxylic acids is 3. The van der Waals surface area contributed by atoms with Gasteiger partial charge in [0.1, 0.15) is 0 Å². The van der Waals surface area contributed by atoms with Crippen molar-refractivity contribution in [1.29, 1.82) is 0 Å². The smallest absolute Gasteiger partial charge is 0.550 e. The van der Waals surface area contributed by atoms with Crippen molar-refractivity contribution in [3.05, 3.63) is 36.5 Å². The molecule has 0 N–H and O–H groups in total. The van der Waals surface area contributed by atoms with Gasteiger partial charge in [-0.25, -0.2) is 0 Å². The van der Waals surface area contributed by atoms with Crippen molar-refractivity contribution in [2.45, 2.75) is 252 Å². The summed E-state index contributed by atoms with van der Waals surface area (Å²) in [5.74, 6) is -2.75. The minimum Gasteiger partial charge on any atom is -0.550 e. The van der Waals surface area contributed by atoms with Crippen LogP contribution in [-0.4, -0.2) is 17.9 Å². The van der Waals surface area contributed by atoms with E-state index in [1.54, 1.807) is 0 Å². The van der Waals surface area contributed by atoms with Crippen molar-refractivity contribution >= 4 is 17.9 Å². The number of hydrogen-bond acceptors (Lipinski definition) is 6. The molecule has 0 rings (SSSR count). The van der Waals surface area contributed by atoms with Gasteiger partial charge in [-0.2, -0.15) is 0 Å². The summed E-state index contributed by atoms with van der Waals surface area (Å²) in [6, 6.07) is 0. The van der Waals surface area contributed by atoms with Crippen molar-refractivity contribution in [2.24, 2.45) is 0 Å². The fourth-order valence-electron chi connectivity index (χ4n) is 5.96. The molecule has 0 amide bonds. The molecule has 55 heavy (non-hydrogen) atoms. The van der Waals surface area contributed by atoms with E-state index in [4.69, 9.17) is 0 Å². The summed E-state index contributed by atoms with van der Waals surface area (Å²) >= 11 is 0. The molecule has 0 saturated carbocycles. The standard InChI is InChI=1S/3C16H30O2.Pr/c3*1-2-3-4-5-6-7-8-9-10-11-12-13-14-15-16(17)18;/h3*7-8H,2-6,9-15H2,1H3,(H,17,18);/q;;;+3/p-3/b3*8-7-;. The maximum Gasteiger partial charge on any atom is 3.00 e. The van der Waals surface area contributed by atoms with Gasteiger partial charge < -0.3 is 29.7 Å². The van der Waals surface area contributed by atoms with E-state index in [1.165, 1.54) is 154 Å². The third-order valence-corrected chi connectivity index (χ3v) is 9.43. The average Bonchev–Trinajstić information content (AvgIpc) is 3.14. The van der Waals surface area contributed by atoms with Crippen LogP contribution >= 0.6 is 0 Å². The molecule has 0 fully saturated rings. The molecule has 0 radical (unpaired) electrons. The van der Waals surface area contributed by atoms with E-state index in [0.29, 0.717) is 0 Å². The van der Waals surface area contributed by atoms with E-state index in [9.17, 15) is 29.7 Å². The zero-order chi connectivity index (χ0) is 40.4. The number of unbranched alkanes of at least 4 members (excludes halogenated alkanes) is 27. The molecule has 7 heteroatoms. The second kappa shape index (κ2) is 57.3. The van der Waals surface area contributed by atoms with Gasteiger partial charge in [0.05, 0.1) is 0 Å². The molecule has 0 aliphatic heterocycles. The number of hydrogen-bond donors (Lipinski definition) is 0. The second-order valence-corrected chi connectivity index (χ2v) is 15.0. The minimum absolute atomic E-state index is 0. The van der Waals surface area contributed by atoms with E-state index < -0.39 is 17.9 Å². The van der Waals surface area contributed by atoms with Crippen LogP contribution in [0.3, 0.4) is 0 Å². The molecule has 0 atom stereocenters. The van der Waals surface area contributed by atoms with Crippen LogP contribution in [0.5, 0.6) is 0 Å². The van der Waals surface area contributed by atoms with Crippen molar-refractivity contribution in [2.75, 3.05) is 0 Å². The number of carbonyl (C=O) groups excluding carboxylic acids is 3. The Morgan fingerprint density at radius 2 is 0.455 bits per heavy atom. The van der Waals surface area contributed by atoms with Gasteiger partial charge in [-0.05, 0) is 116 Å². The topological polar surface area (TPSA) is 120 Å². The largest absolute Gasteiger partial charge is 3.00 e. The molecule has 0 aromatic heterocycles. The fraction of sp³-hybridized carbons (Fsp3) is 0.812. The van der Waals surface area contributed by atoms with Crippen LogP contribution in [0.1, 0.15) is 252 Å². The number of carbonyl (C=O) groups is 3. The van der Waals surface area contributed by atoms with E-state index in [-0.39, 0.29) is 60.6 Å². The van der Waals surface area contributed by atoms with E-state index in [0.717, 1.165) is 57.8 Å². The first-order chi connectivity index (χ1) is 26.3. The molecule has 0 aromatic rings. The molecular weight excluding hydrogens is 813 g/mol. The molecule has 0 aliphatic carbocycles. The average molecular weight is 901 g/mol. The molecule has 6 nitrogen and oxygen atoms in total. The molecule has 0 heterocycles. The van der Waals surface area contributed by atoms with Gasteiger partial charge in [-0.3, -0.25) is 0 Å². The van der Waals surface area contributed by atoms with Crippen LogP contribution in [0.15, 0.2) is 36.5 Å². The molecule has 0 aliphatic rings. The Kier molecular flexibility index (Phi) is 63.2. The molecular formula is C48H87O6Pr. The predicted octanol–water partition coefficient (Wildman–Crippen LogP) is 12.0. The number of allylic oxidation sites excluding steroid dienone is 6. The van der Waals surface area contributed by atoms with Crippen LogP contribution in [0, 0.1) is 41.3 Å². The van der Waals surface area contributed by atoms with Crippen LogP contribution in [0.2, 0.25) is 0 Å². The monoisotopic (exact) mass is 901 g/mol. The Morgan fingerprint density at radius 3 is 0.636 bits per heavy atom. The Hall–Kier alpha value is -1.01. The Morgan fingerprint density at radius 1 is 0.291 bits per heavy atom. The molecule has 0 spiro atoms. The van der Waals surface area contributed by atoms with Gasteiger partial charge in [-0.15, -0.1) is 0 Å².